The molecule has 3 rings (SSSR count). The molecule has 0 atom stereocenters. The molecule has 138 valence electrons. The summed E-state index contributed by atoms with van der Waals surface area (Å²) in [5.74, 6) is -0.800. The fourth-order valence-corrected chi connectivity index (χ4v) is 3.20. The van der Waals surface area contributed by atoms with Crippen molar-refractivity contribution in [1.82, 2.24) is 0 Å². The molecule has 0 saturated carbocycles. The van der Waals surface area contributed by atoms with E-state index in [0.717, 1.165) is 16.7 Å². The van der Waals surface area contributed by atoms with Gasteiger partial charge in [-0.1, -0.05) is 12.1 Å². The Hall–Kier alpha value is -3.26. The van der Waals surface area contributed by atoms with E-state index >= 15 is 0 Å². The van der Waals surface area contributed by atoms with Gasteiger partial charge in [0.25, 0.3) is 11.1 Å². The SMILES string of the molecule is O=C(O)CCOc1ccc(/C=C2/SC(=O)N(c3ccc(O)cc3)C2=O)cc1. The van der Waals surface area contributed by atoms with E-state index in [1.54, 1.807) is 30.3 Å². The molecule has 2 aromatic rings. The monoisotopic (exact) mass is 385 g/mol. The number of thioether (sulfide) groups is 1. The molecule has 8 heteroatoms. The minimum absolute atomic E-state index is 0.0481. The first-order valence-corrected chi connectivity index (χ1v) is 8.77. The van der Waals surface area contributed by atoms with Crippen molar-refractivity contribution in [1.29, 1.82) is 0 Å². The van der Waals surface area contributed by atoms with Crippen LogP contribution in [0.15, 0.2) is 53.4 Å². The van der Waals surface area contributed by atoms with Gasteiger partial charge in [-0.25, -0.2) is 4.90 Å². The molecule has 1 fully saturated rings. The van der Waals surface area contributed by atoms with Crippen LogP contribution in [0.25, 0.3) is 6.08 Å². The molecule has 7 nitrogen and oxygen atoms in total. The minimum atomic E-state index is -0.934. The van der Waals surface area contributed by atoms with E-state index in [0.29, 0.717) is 17.0 Å². The van der Waals surface area contributed by atoms with E-state index in [-0.39, 0.29) is 23.7 Å². The van der Waals surface area contributed by atoms with Gasteiger partial charge in [0.1, 0.15) is 11.5 Å². The first kappa shape index (κ1) is 18.5. The van der Waals surface area contributed by atoms with Gasteiger partial charge in [0.2, 0.25) is 0 Å². The van der Waals surface area contributed by atoms with E-state index < -0.39 is 17.1 Å². The van der Waals surface area contributed by atoms with Gasteiger partial charge in [0.05, 0.1) is 23.6 Å². The van der Waals surface area contributed by atoms with Crippen molar-refractivity contribution in [3.8, 4) is 11.5 Å². The van der Waals surface area contributed by atoms with E-state index in [2.05, 4.69) is 0 Å². The fraction of sp³-hybridized carbons (Fsp3) is 0.105. The van der Waals surface area contributed by atoms with Crippen molar-refractivity contribution in [2.45, 2.75) is 6.42 Å². The Labute approximate surface area is 158 Å². The predicted octanol–water partition coefficient (Wildman–Crippen LogP) is 3.49. The maximum atomic E-state index is 12.6. The van der Waals surface area contributed by atoms with Gasteiger partial charge in [-0.3, -0.25) is 14.4 Å². The van der Waals surface area contributed by atoms with Gasteiger partial charge < -0.3 is 14.9 Å². The smallest absolute Gasteiger partial charge is 0.306 e. The summed E-state index contributed by atoms with van der Waals surface area (Å²) in [4.78, 5) is 36.6. The van der Waals surface area contributed by atoms with Gasteiger partial charge in [0, 0.05) is 0 Å². The first-order valence-electron chi connectivity index (χ1n) is 7.96. The molecule has 1 heterocycles. The maximum absolute atomic E-state index is 12.6. The number of imide groups is 1. The highest BCUT2D eigenvalue weighted by Gasteiger charge is 2.36. The zero-order chi connectivity index (χ0) is 19.4. The second-order valence-electron chi connectivity index (χ2n) is 5.59. The third kappa shape index (κ3) is 4.48. The number of hydrogen-bond acceptors (Lipinski definition) is 6. The van der Waals surface area contributed by atoms with Crippen molar-refractivity contribution in [2.75, 3.05) is 11.5 Å². The molecule has 1 aliphatic heterocycles. The molecule has 0 bridgehead atoms. The Bertz CT molecular complexity index is 905. The van der Waals surface area contributed by atoms with Crippen molar-refractivity contribution in [2.24, 2.45) is 0 Å². The molecule has 1 saturated heterocycles. The lowest BCUT2D eigenvalue weighted by atomic mass is 10.2. The molecule has 0 radical (unpaired) electrons. The highest BCUT2D eigenvalue weighted by Crippen LogP contribution is 2.36. The van der Waals surface area contributed by atoms with E-state index in [9.17, 15) is 19.5 Å². The number of nitrogens with zero attached hydrogens (tertiary/aromatic N) is 1. The average Bonchev–Trinajstić information content (AvgIpc) is 2.91. The third-order valence-corrected chi connectivity index (χ3v) is 4.53. The molecule has 0 unspecified atom stereocenters. The molecule has 0 aliphatic carbocycles. The van der Waals surface area contributed by atoms with Crippen LogP contribution < -0.4 is 9.64 Å². The van der Waals surface area contributed by atoms with Crippen LogP contribution in [0.5, 0.6) is 11.5 Å². The van der Waals surface area contributed by atoms with Crippen LogP contribution in [0.1, 0.15) is 12.0 Å². The number of aliphatic carboxylic acids is 1. The van der Waals surface area contributed by atoms with Gasteiger partial charge in [0.15, 0.2) is 0 Å². The summed E-state index contributed by atoms with van der Waals surface area (Å²) in [7, 11) is 0. The molecule has 0 spiro atoms. The predicted molar refractivity (Wildman–Crippen MR) is 101 cm³/mol. The molecular weight excluding hydrogens is 370 g/mol. The lowest BCUT2D eigenvalue weighted by molar-refractivity contribution is -0.137. The van der Waals surface area contributed by atoms with Crippen LogP contribution in [0.3, 0.4) is 0 Å². The highest BCUT2D eigenvalue weighted by molar-refractivity contribution is 8.19. The number of carbonyl (C=O) groups is 3. The second kappa shape index (κ2) is 7.96. The summed E-state index contributed by atoms with van der Waals surface area (Å²) in [5.41, 5.74) is 1.10. The molecule has 27 heavy (non-hydrogen) atoms. The van der Waals surface area contributed by atoms with Gasteiger partial charge in [-0.05, 0) is 59.8 Å². The summed E-state index contributed by atoms with van der Waals surface area (Å²) in [6, 6.07) is 12.6. The van der Waals surface area contributed by atoms with Crippen molar-refractivity contribution < 1.29 is 29.3 Å². The molecule has 1 aliphatic rings. The Morgan fingerprint density at radius 2 is 1.74 bits per heavy atom. The summed E-state index contributed by atoms with van der Waals surface area (Å²) < 4.78 is 5.31. The number of carbonyl (C=O) groups excluding carboxylic acids is 2. The quantitative estimate of drug-likeness (QED) is 0.734. The number of anilines is 1. The van der Waals surface area contributed by atoms with Crippen molar-refractivity contribution in [3.05, 3.63) is 59.0 Å². The standard InChI is InChI=1S/C19H15NO6S/c21-14-5-3-13(4-6-14)20-18(24)16(27-19(20)25)11-12-1-7-15(8-2-12)26-10-9-17(22)23/h1-8,11,21H,9-10H2,(H,22,23)/b16-11+. The number of ether oxygens (including phenoxy) is 1. The minimum Gasteiger partial charge on any atom is -0.508 e. The summed E-state index contributed by atoms with van der Waals surface area (Å²) in [6.07, 6.45) is 1.51. The summed E-state index contributed by atoms with van der Waals surface area (Å²) in [6.45, 7) is 0.0696. The first-order chi connectivity index (χ1) is 12.9. The molecule has 2 amide bonds. The highest BCUT2D eigenvalue weighted by atomic mass is 32.2. The number of amides is 2. The number of phenols is 1. The van der Waals surface area contributed by atoms with Crippen LogP contribution in [-0.2, 0) is 9.59 Å². The van der Waals surface area contributed by atoms with Crippen LogP contribution in [-0.4, -0.2) is 33.9 Å². The Morgan fingerprint density at radius 1 is 1.07 bits per heavy atom. The van der Waals surface area contributed by atoms with E-state index in [1.165, 1.54) is 24.3 Å². The van der Waals surface area contributed by atoms with Crippen LogP contribution in [0.4, 0.5) is 10.5 Å². The van der Waals surface area contributed by atoms with Gasteiger partial charge >= 0.3 is 5.97 Å². The topological polar surface area (TPSA) is 104 Å². The second-order valence-corrected chi connectivity index (χ2v) is 6.59. The Balaban J connectivity index is 1.71. The van der Waals surface area contributed by atoms with Gasteiger partial charge in [-0.2, -0.15) is 0 Å². The zero-order valence-electron chi connectivity index (χ0n) is 14.0. The number of carboxylic acids is 1. The van der Waals surface area contributed by atoms with Crippen molar-refractivity contribution in [3.63, 3.8) is 0 Å². The van der Waals surface area contributed by atoms with Crippen LogP contribution in [0, 0.1) is 0 Å². The van der Waals surface area contributed by atoms with Crippen LogP contribution in [0.2, 0.25) is 0 Å². The average molecular weight is 385 g/mol. The normalized spacial score (nSPS) is 15.4. The molecule has 0 aromatic heterocycles. The van der Waals surface area contributed by atoms with E-state index in [4.69, 9.17) is 9.84 Å². The maximum Gasteiger partial charge on any atom is 0.306 e. The van der Waals surface area contributed by atoms with Crippen LogP contribution >= 0.6 is 11.8 Å². The van der Waals surface area contributed by atoms with Gasteiger partial charge in [-0.15, -0.1) is 0 Å². The fourth-order valence-electron chi connectivity index (χ4n) is 2.36. The van der Waals surface area contributed by atoms with Crippen molar-refractivity contribution >= 4 is 40.6 Å². The number of hydrogen-bond donors (Lipinski definition) is 2. The number of aromatic hydroxyl groups is 1. The Morgan fingerprint density at radius 3 is 2.37 bits per heavy atom. The third-order valence-electron chi connectivity index (χ3n) is 3.66. The lowest BCUT2D eigenvalue weighted by Crippen LogP contribution is -2.27. The number of phenolic OH excluding ortho intramolecular Hbond substituents is 1. The largest absolute Gasteiger partial charge is 0.508 e. The molecule has 2 N–H and O–H groups in total. The lowest BCUT2D eigenvalue weighted by Gasteiger charge is -2.12. The Kier molecular flexibility index (Phi) is 5.46. The summed E-state index contributed by atoms with van der Waals surface area (Å²) in [5, 5.41) is 17.5. The number of carboxylic acid groups (broad SMARTS) is 1. The zero-order valence-corrected chi connectivity index (χ0v) is 14.8. The molecular formula is C19H15NO6S. The number of benzene rings is 2. The van der Waals surface area contributed by atoms with E-state index in [1.807, 2.05) is 0 Å². The summed E-state index contributed by atoms with van der Waals surface area (Å²) >= 11 is 0.836. The number of rotatable bonds is 6. The molecule has 2 aromatic carbocycles.